The summed E-state index contributed by atoms with van der Waals surface area (Å²) in [5.74, 6) is 0. The number of rotatable bonds is 4. The van der Waals surface area contributed by atoms with Gasteiger partial charge in [-0.3, -0.25) is 15.1 Å². The molecule has 2 rings (SSSR count). The maximum atomic E-state index is 10.9. The second-order valence-electron chi connectivity index (χ2n) is 4.36. The topological polar surface area (TPSA) is 68.1 Å². The lowest BCUT2D eigenvalue weighted by atomic mass is 10.1. The van der Waals surface area contributed by atoms with Crippen LogP contribution in [-0.4, -0.2) is 9.91 Å². The highest BCUT2D eigenvalue weighted by atomic mass is 16.6. The first-order chi connectivity index (χ1) is 9.08. The van der Waals surface area contributed by atoms with Gasteiger partial charge in [0.25, 0.3) is 5.69 Å². The van der Waals surface area contributed by atoms with Gasteiger partial charge in [0, 0.05) is 35.8 Å². The molecule has 0 bridgehead atoms. The molecule has 0 aliphatic carbocycles. The first kappa shape index (κ1) is 13.0. The van der Waals surface area contributed by atoms with E-state index in [9.17, 15) is 10.1 Å². The molecule has 2 aromatic rings. The first-order valence-corrected chi connectivity index (χ1v) is 5.97. The monoisotopic (exact) mass is 257 g/mol. The molecule has 0 spiro atoms. The summed E-state index contributed by atoms with van der Waals surface area (Å²) in [5, 5.41) is 14.1. The molecule has 0 saturated heterocycles. The number of nitrogens with zero attached hydrogens (tertiary/aromatic N) is 2. The Morgan fingerprint density at radius 1 is 1.32 bits per heavy atom. The summed E-state index contributed by atoms with van der Waals surface area (Å²) in [7, 11) is 0. The third-order valence-electron chi connectivity index (χ3n) is 2.99. The summed E-state index contributed by atoms with van der Waals surface area (Å²) >= 11 is 0. The van der Waals surface area contributed by atoms with Crippen LogP contribution in [0, 0.1) is 24.0 Å². The highest BCUT2D eigenvalue weighted by molar-refractivity contribution is 5.48. The number of nitro groups is 1. The summed E-state index contributed by atoms with van der Waals surface area (Å²) in [6.07, 6.45) is 1.73. The maximum absolute atomic E-state index is 10.9. The largest absolute Gasteiger partial charge is 0.381 e. The molecule has 1 aromatic carbocycles. The van der Waals surface area contributed by atoms with Crippen LogP contribution in [0.4, 0.5) is 11.4 Å². The van der Waals surface area contributed by atoms with Crippen molar-refractivity contribution < 1.29 is 4.92 Å². The van der Waals surface area contributed by atoms with Gasteiger partial charge in [0.15, 0.2) is 0 Å². The van der Waals surface area contributed by atoms with E-state index in [1.165, 1.54) is 6.07 Å². The lowest BCUT2D eigenvalue weighted by molar-refractivity contribution is -0.385. The molecule has 1 aromatic heterocycles. The van der Waals surface area contributed by atoms with Crippen molar-refractivity contribution in [3.05, 3.63) is 63.5 Å². The molecule has 98 valence electrons. The predicted molar refractivity (Wildman–Crippen MR) is 74.1 cm³/mol. The Kier molecular flexibility index (Phi) is 3.75. The highest BCUT2D eigenvalue weighted by Gasteiger charge is 2.12. The van der Waals surface area contributed by atoms with Crippen molar-refractivity contribution in [2.24, 2.45) is 0 Å². The van der Waals surface area contributed by atoms with Crippen molar-refractivity contribution in [3.8, 4) is 0 Å². The summed E-state index contributed by atoms with van der Waals surface area (Å²) in [6, 6.07) is 8.94. The maximum Gasteiger partial charge on any atom is 0.272 e. The zero-order valence-corrected chi connectivity index (χ0v) is 10.9. The standard InChI is InChI=1S/C14H15N3O2/c1-10-8-13(6-7-15-10)16-9-12-4-3-5-14(11(12)2)17(18)19/h3-8H,9H2,1-2H3,(H,15,16). The van der Waals surface area contributed by atoms with Crippen LogP contribution in [0.1, 0.15) is 16.8 Å². The molecule has 1 heterocycles. The van der Waals surface area contributed by atoms with Crippen molar-refractivity contribution >= 4 is 11.4 Å². The molecular weight excluding hydrogens is 242 g/mol. The summed E-state index contributed by atoms with van der Waals surface area (Å²) in [5.41, 5.74) is 3.67. The second-order valence-corrected chi connectivity index (χ2v) is 4.36. The summed E-state index contributed by atoms with van der Waals surface area (Å²) < 4.78 is 0. The Morgan fingerprint density at radius 3 is 2.79 bits per heavy atom. The minimum absolute atomic E-state index is 0.158. The van der Waals surface area contributed by atoms with Gasteiger partial charge in [0.2, 0.25) is 0 Å². The van der Waals surface area contributed by atoms with Gasteiger partial charge in [-0.2, -0.15) is 0 Å². The minimum Gasteiger partial charge on any atom is -0.381 e. The molecule has 0 amide bonds. The van der Waals surface area contributed by atoms with Crippen LogP contribution in [0.25, 0.3) is 0 Å². The quantitative estimate of drug-likeness (QED) is 0.674. The number of pyridine rings is 1. The van der Waals surface area contributed by atoms with Gasteiger partial charge in [0.05, 0.1) is 4.92 Å². The normalized spacial score (nSPS) is 10.2. The molecule has 0 aliphatic rings. The predicted octanol–water partition coefficient (Wildman–Crippen LogP) is 3.22. The third kappa shape index (κ3) is 3.07. The second kappa shape index (κ2) is 5.48. The molecule has 5 heteroatoms. The number of nitro benzene ring substituents is 1. The Morgan fingerprint density at radius 2 is 2.11 bits per heavy atom. The van der Waals surface area contributed by atoms with Gasteiger partial charge in [-0.25, -0.2) is 0 Å². The average molecular weight is 257 g/mol. The highest BCUT2D eigenvalue weighted by Crippen LogP contribution is 2.21. The Hall–Kier alpha value is -2.43. The van der Waals surface area contributed by atoms with Crippen molar-refractivity contribution in [1.82, 2.24) is 4.98 Å². The number of aryl methyl sites for hydroxylation is 1. The molecule has 0 radical (unpaired) electrons. The van der Waals surface area contributed by atoms with E-state index in [0.717, 1.165) is 16.9 Å². The molecule has 5 nitrogen and oxygen atoms in total. The molecule has 0 atom stereocenters. The van der Waals surface area contributed by atoms with Crippen LogP contribution in [0.2, 0.25) is 0 Å². The number of aromatic nitrogens is 1. The summed E-state index contributed by atoms with van der Waals surface area (Å²) in [4.78, 5) is 14.6. The number of nitrogens with one attached hydrogen (secondary N) is 1. The lowest BCUT2D eigenvalue weighted by Crippen LogP contribution is -2.03. The average Bonchev–Trinajstić information content (AvgIpc) is 2.37. The third-order valence-corrected chi connectivity index (χ3v) is 2.99. The van der Waals surface area contributed by atoms with Gasteiger partial charge in [-0.05, 0) is 31.5 Å². The minimum atomic E-state index is -0.352. The molecule has 1 N–H and O–H groups in total. The van der Waals surface area contributed by atoms with Crippen LogP contribution >= 0.6 is 0 Å². The van der Waals surface area contributed by atoms with Gasteiger partial charge < -0.3 is 5.32 Å². The smallest absolute Gasteiger partial charge is 0.272 e. The Balaban J connectivity index is 2.16. The number of benzene rings is 1. The van der Waals surface area contributed by atoms with E-state index in [2.05, 4.69) is 10.3 Å². The Labute approximate surface area is 111 Å². The van der Waals surface area contributed by atoms with Crippen molar-refractivity contribution in [2.75, 3.05) is 5.32 Å². The van der Waals surface area contributed by atoms with E-state index in [1.54, 1.807) is 19.2 Å². The zero-order chi connectivity index (χ0) is 13.8. The summed E-state index contributed by atoms with van der Waals surface area (Å²) in [6.45, 7) is 4.24. The SMILES string of the molecule is Cc1cc(NCc2cccc([N+](=O)[O-])c2C)ccn1. The van der Waals surface area contributed by atoms with Crippen molar-refractivity contribution in [1.29, 1.82) is 0 Å². The van der Waals surface area contributed by atoms with Crippen molar-refractivity contribution in [2.45, 2.75) is 20.4 Å². The molecule has 0 fully saturated rings. The van der Waals surface area contributed by atoms with E-state index in [0.29, 0.717) is 12.1 Å². The first-order valence-electron chi connectivity index (χ1n) is 5.97. The molecule has 0 saturated carbocycles. The molecule has 0 unspecified atom stereocenters. The molecule has 19 heavy (non-hydrogen) atoms. The van der Waals surface area contributed by atoms with Gasteiger partial charge in [-0.15, -0.1) is 0 Å². The Bertz CT molecular complexity index is 611. The van der Waals surface area contributed by atoms with Crippen LogP contribution in [0.5, 0.6) is 0 Å². The van der Waals surface area contributed by atoms with Crippen LogP contribution in [0.3, 0.4) is 0 Å². The van der Waals surface area contributed by atoms with Crippen LogP contribution in [-0.2, 0) is 6.54 Å². The van der Waals surface area contributed by atoms with Crippen LogP contribution < -0.4 is 5.32 Å². The van der Waals surface area contributed by atoms with Gasteiger partial charge in [-0.1, -0.05) is 12.1 Å². The number of hydrogen-bond donors (Lipinski definition) is 1. The van der Waals surface area contributed by atoms with E-state index in [4.69, 9.17) is 0 Å². The fraction of sp³-hybridized carbons (Fsp3) is 0.214. The van der Waals surface area contributed by atoms with E-state index in [1.807, 2.05) is 25.1 Å². The van der Waals surface area contributed by atoms with Crippen molar-refractivity contribution in [3.63, 3.8) is 0 Å². The number of anilines is 1. The molecular formula is C14H15N3O2. The van der Waals surface area contributed by atoms with Gasteiger partial charge >= 0.3 is 0 Å². The fourth-order valence-electron chi connectivity index (χ4n) is 1.91. The van der Waals surface area contributed by atoms with Gasteiger partial charge in [0.1, 0.15) is 0 Å². The van der Waals surface area contributed by atoms with Crippen LogP contribution in [0.15, 0.2) is 36.5 Å². The molecule has 0 aliphatic heterocycles. The van der Waals surface area contributed by atoms with E-state index in [-0.39, 0.29) is 10.6 Å². The van der Waals surface area contributed by atoms with E-state index >= 15 is 0 Å². The van der Waals surface area contributed by atoms with E-state index < -0.39 is 0 Å². The zero-order valence-electron chi connectivity index (χ0n) is 10.9. The fourth-order valence-corrected chi connectivity index (χ4v) is 1.91. The number of hydrogen-bond acceptors (Lipinski definition) is 4. The lowest BCUT2D eigenvalue weighted by Gasteiger charge is -2.09.